The molecule has 1 N–H and O–H groups in total. The number of piperidine rings is 1. The molecule has 4 amide bonds. The van der Waals surface area contributed by atoms with Crippen LogP contribution in [0.25, 0.3) is 0 Å². The monoisotopic (exact) mass is 395 g/mol. The Morgan fingerprint density at radius 1 is 1.17 bits per heavy atom. The van der Waals surface area contributed by atoms with E-state index in [2.05, 4.69) is 15.3 Å². The average molecular weight is 395 g/mol. The highest BCUT2D eigenvalue weighted by atomic mass is 16.5. The highest BCUT2D eigenvalue weighted by Gasteiger charge is 2.34. The quantitative estimate of drug-likeness (QED) is 0.770. The van der Waals surface area contributed by atoms with Crippen LogP contribution in [-0.2, 0) is 9.59 Å². The normalized spacial score (nSPS) is 19.2. The molecule has 2 saturated heterocycles. The topological polar surface area (TPSA) is 105 Å². The number of nitrogens with one attached hydrogen (secondary N) is 1. The highest BCUT2D eigenvalue weighted by Crippen LogP contribution is 2.32. The number of para-hydroxylation sites is 1. The van der Waals surface area contributed by atoms with Crippen LogP contribution in [0.2, 0.25) is 0 Å². The van der Waals surface area contributed by atoms with Crippen molar-refractivity contribution in [1.82, 2.24) is 25.1 Å². The van der Waals surface area contributed by atoms with E-state index in [4.69, 9.17) is 4.74 Å². The smallest absolute Gasteiger partial charge is 0.325 e. The van der Waals surface area contributed by atoms with Crippen molar-refractivity contribution in [3.05, 3.63) is 48.4 Å². The number of aromatic nitrogens is 2. The van der Waals surface area contributed by atoms with E-state index in [0.717, 1.165) is 17.7 Å². The van der Waals surface area contributed by atoms with Crippen molar-refractivity contribution in [3.63, 3.8) is 0 Å². The molecule has 1 unspecified atom stereocenters. The summed E-state index contributed by atoms with van der Waals surface area (Å²) < 4.78 is 5.91. The summed E-state index contributed by atoms with van der Waals surface area (Å²) in [7, 11) is 0. The number of imide groups is 1. The summed E-state index contributed by atoms with van der Waals surface area (Å²) >= 11 is 0. The van der Waals surface area contributed by atoms with Gasteiger partial charge in [0.15, 0.2) is 0 Å². The van der Waals surface area contributed by atoms with E-state index in [-0.39, 0.29) is 30.8 Å². The Morgan fingerprint density at radius 2 is 1.97 bits per heavy atom. The number of urea groups is 1. The van der Waals surface area contributed by atoms with Crippen LogP contribution in [0.4, 0.5) is 4.79 Å². The van der Waals surface area contributed by atoms with Crippen molar-refractivity contribution >= 4 is 17.8 Å². The van der Waals surface area contributed by atoms with Crippen LogP contribution in [0.1, 0.15) is 24.5 Å². The van der Waals surface area contributed by atoms with E-state index in [1.165, 1.54) is 0 Å². The number of nitrogens with zero attached hydrogens (tertiary/aromatic N) is 4. The number of amides is 4. The summed E-state index contributed by atoms with van der Waals surface area (Å²) in [4.78, 5) is 47.5. The molecule has 2 aromatic rings. The number of carbonyl (C=O) groups is 3. The van der Waals surface area contributed by atoms with Crippen LogP contribution in [0, 0.1) is 0 Å². The van der Waals surface area contributed by atoms with Gasteiger partial charge >= 0.3 is 6.03 Å². The summed E-state index contributed by atoms with van der Waals surface area (Å²) in [6.45, 7) is 0.709. The molecular weight excluding hydrogens is 374 g/mol. The molecule has 1 aromatic carbocycles. The Morgan fingerprint density at radius 3 is 2.72 bits per heavy atom. The lowest BCUT2D eigenvalue weighted by Gasteiger charge is -2.33. The Bertz CT molecular complexity index is 904. The number of ether oxygens (including phenoxy) is 1. The molecule has 0 aliphatic carbocycles. The first kappa shape index (κ1) is 18.9. The third-order valence-corrected chi connectivity index (χ3v) is 5.04. The minimum absolute atomic E-state index is 0.0387. The summed E-state index contributed by atoms with van der Waals surface area (Å²) in [5, 5.41) is 2.42. The van der Waals surface area contributed by atoms with Gasteiger partial charge in [0.05, 0.1) is 6.54 Å². The maximum Gasteiger partial charge on any atom is 0.325 e. The van der Waals surface area contributed by atoms with Gasteiger partial charge in [-0.25, -0.2) is 9.78 Å². The van der Waals surface area contributed by atoms with Gasteiger partial charge in [0, 0.05) is 31.4 Å². The molecular formula is C20H21N5O4. The molecule has 1 aromatic heterocycles. The molecule has 3 heterocycles. The Hall–Kier alpha value is -3.49. The Kier molecular flexibility index (Phi) is 5.37. The maximum absolute atomic E-state index is 12.7. The molecule has 29 heavy (non-hydrogen) atoms. The predicted molar refractivity (Wildman–Crippen MR) is 102 cm³/mol. The van der Waals surface area contributed by atoms with Crippen molar-refractivity contribution in [2.45, 2.75) is 18.8 Å². The molecule has 2 aliphatic heterocycles. The minimum atomic E-state index is -0.524. The van der Waals surface area contributed by atoms with Crippen LogP contribution >= 0.6 is 0 Å². The van der Waals surface area contributed by atoms with Crippen LogP contribution < -0.4 is 10.1 Å². The summed E-state index contributed by atoms with van der Waals surface area (Å²) in [6.07, 6.45) is 4.82. The second-order valence-electron chi connectivity index (χ2n) is 6.98. The standard InChI is InChI=1S/C20H21N5O4/c26-16-11-23-20(28)25(16)13-17(27)24-10-4-5-14(12-24)18-19(22-9-8-21-18)29-15-6-2-1-3-7-15/h1-3,6-9,14H,4-5,10-13H2,(H,23,28). The van der Waals surface area contributed by atoms with E-state index in [1.54, 1.807) is 17.3 Å². The SMILES string of the molecule is O=C(CN1C(=O)CNC1=O)N1CCCC(c2nccnc2Oc2ccccc2)C1. The van der Waals surface area contributed by atoms with Gasteiger partial charge in [-0.05, 0) is 25.0 Å². The first-order chi connectivity index (χ1) is 14.1. The fourth-order valence-corrected chi connectivity index (χ4v) is 3.57. The Labute approximate surface area is 167 Å². The van der Waals surface area contributed by atoms with Crippen molar-refractivity contribution < 1.29 is 19.1 Å². The van der Waals surface area contributed by atoms with Gasteiger partial charge in [-0.3, -0.25) is 19.5 Å². The first-order valence-electron chi connectivity index (χ1n) is 9.51. The van der Waals surface area contributed by atoms with Crippen LogP contribution in [-0.4, -0.2) is 63.8 Å². The number of rotatable bonds is 5. The lowest BCUT2D eigenvalue weighted by atomic mass is 9.94. The number of benzene rings is 1. The molecule has 0 spiro atoms. The van der Waals surface area contributed by atoms with Gasteiger partial charge in [0.1, 0.15) is 18.0 Å². The first-order valence-corrected chi connectivity index (χ1v) is 9.51. The van der Waals surface area contributed by atoms with Crippen LogP contribution in [0.3, 0.4) is 0 Å². The molecule has 1 atom stereocenters. The predicted octanol–water partition coefficient (Wildman–Crippen LogP) is 1.53. The average Bonchev–Trinajstić information content (AvgIpc) is 3.07. The molecule has 4 rings (SSSR count). The molecule has 9 heteroatoms. The summed E-state index contributed by atoms with van der Waals surface area (Å²) in [6, 6.07) is 8.81. The zero-order valence-corrected chi connectivity index (χ0v) is 15.8. The van der Waals surface area contributed by atoms with E-state index in [0.29, 0.717) is 30.4 Å². The van der Waals surface area contributed by atoms with Crippen LogP contribution in [0.5, 0.6) is 11.6 Å². The van der Waals surface area contributed by atoms with Gasteiger partial charge in [-0.2, -0.15) is 0 Å². The molecule has 2 fully saturated rings. The van der Waals surface area contributed by atoms with Gasteiger partial charge < -0.3 is 15.0 Å². The van der Waals surface area contributed by atoms with Crippen molar-refractivity contribution in [1.29, 1.82) is 0 Å². The molecule has 2 aliphatic rings. The van der Waals surface area contributed by atoms with Crippen molar-refractivity contribution in [2.75, 3.05) is 26.2 Å². The van der Waals surface area contributed by atoms with E-state index >= 15 is 0 Å². The largest absolute Gasteiger partial charge is 0.437 e. The molecule has 0 radical (unpaired) electrons. The van der Waals surface area contributed by atoms with Gasteiger partial charge in [-0.1, -0.05) is 18.2 Å². The lowest BCUT2D eigenvalue weighted by Crippen LogP contribution is -2.46. The molecule has 9 nitrogen and oxygen atoms in total. The number of hydrogen-bond donors (Lipinski definition) is 1. The maximum atomic E-state index is 12.7. The highest BCUT2D eigenvalue weighted by molar-refractivity contribution is 6.04. The van der Waals surface area contributed by atoms with Gasteiger partial charge in [0.25, 0.3) is 5.91 Å². The van der Waals surface area contributed by atoms with Gasteiger partial charge in [0.2, 0.25) is 11.8 Å². The zero-order chi connectivity index (χ0) is 20.2. The van der Waals surface area contributed by atoms with Crippen molar-refractivity contribution in [3.8, 4) is 11.6 Å². The lowest BCUT2D eigenvalue weighted by molar-refractivity contribution is -0.137. The fraction of sp³-hybridized carbons (Fsp3) is 0.350. The molecule has 0 bridgehead atoms. The van der Waals surface area contributed by atoms with Gasteiger partial charge in [-0.15, -0.1) is 0 Å². The number of likely N-dealkylation sites (tertiary alicyclic amines) is 1. The fourth-order valence-electron chi connectivity index (χ4n) is 3.57. The molecule has 0 saturated carbocycles. The van der Waals surface area contributed by atoms with Crippen LogP contribution in [0.15, 0.2) is 42.7 Å². The minimum Gasteiger partial charge on any atom is -0.437 e. The third kappa shape index (κ3) is 4.18. The third-order valence-electron chi connectivity index (χ3n) is 5.04. The summed E-state index contributed by atoms with van der Waals surface area (Å²) in [5.41, 5.74) is 0.698. The van der Waals surface area contributed by atoms with E-state index in [1.807, 2.05) is 30.3 Å². The van der Waals surface area contributed by atoms with E-state index in [9.17, 15) is 14.4 Å². The second-order valence-corrected chi connectivity index (χ2v) is 6.98. The number of hydrogen-bond acceptors (Lipinski definition) is 6. The number of carbonyl (C=O) groups excluding carboxylic acids is 3. The Balaban J connectivity index is 1.47. The van der Waals surface area contributed by atoms with Crippen molar-refractivity contribution in [2.24, 2.45) is 0 Å². The molecule has 150 valence electrons. The van der Waals surface area contributed by atoms with E-state index < -0.39 is 6.03 Å². The zero-order valence-electron chi connectivity index (χ0n) is 15.8. The second kappa shape index (κ2) is 8.26. The summed E-state index contributed by atoms with van der Waals surface area (Å²) in [5.74, 6) is 0.408.